The standard InChI is InChI=1S/C17H21N3O3S/c1-17(2,3)15-10-19-16(21)11-20(15)24(22,23)13-8-12-6-4-5-7-14(12)18-9-13/h4-9,15H,10-11H2,1-3H3,(H,19,21). The van der Waals surface area contributed by atoms with E-state index in [-0.39, 0.29) is 28.8 Å². The molecular formula is C17H21N3O3S. The Hall–Kier alpha value is -1.99. The molecule has 1 amide bonds. The molecule has 1 fully saturated rings. The fourth-order valence-electron chi connectivity index (χ4n) is 2.94. The molecule has 1 aromatic heterocycles. The van der Waals surface area contributed by atoms with Gasteiger partial charge in [0.05, 0.1) is 12.1 Å². The topological polar surface area (TPSA) is 79.4 Å². The van der Waals surface area contributed by atoms with Crippen LogP contribution < -0.4 is 5.32 Å². The minimum atomic E-state index is -3.81. The number of aromatic nitrogens is 1. The van der Waals surface area contributed by atoms with Gasteiger partial charge in [-0.05, 0) is 17.5 Å². The smallest absolute Gasteiger partial charge is 0.245 e. The molecule has 128 valence electrons. The number of nitrogens with zero attached hydrogens (tertiary/aromatic N) is 2. The zero-order valence-electron chi connectivity index (χ0n) is 14.0. The number of carbonyl (C=O) groups is 1. The number of rotatable bonds is 2. The molecule has 1 aromatic carbocycles. The minimum absolute atomic E-state index is 0.116. The lowest BCUT2D eigenvalue weighted by Gasteiger charge is -2.41. The Kier molecular flexibility index (Phi) is 4.09. The number of nitrogens with one attached hydrogen (secondary N) is 1. The Bertz CT molecular complexity index is 887. The van der Waals surface area contributed by atoms with E-state index in [1.807, 2.05) is 45.0 Å². The number of benzene rings is 1. The molecule has 24 heavy (non-hydrogen) atoms. The lowest BCUT2D eigenvalue weighted by atomic mass is 9.86. The van der Waals surface area contributed by atoms with Gasteiger partial charge in [-0.25, -0.2) is 8.42 Å². The van der Waals surface area contributed by atoms with Gasteiger partial charge >= 0.3 is 0 Å². The van der Waals surface area contributed by atoms with Gasteiger partial charge in [-0.15, -0.1) is 0 Å². The van der Waals surface area contributed by atoms with Crippen LogP contribution in [0.2, 0.25) is 0 Å². The van der Waals surface area contributed by atoms with Crippen molar-refractivity contribution in [2.24, 2.45) is 5.41 Å². The Morgan fingerprint density at radius 1 is 1.25 bits per heavy atom. The number of sulfonamides is 1. The first-order chi connectivity index (χ1) is 11.2. The summed E-state index contributed by atoms with van der Waals surface area (Å²) in [5.74, 6) is -0.284. The van der Waals surface area contributed by atoms with Gasteiger partial charge in [0.15, 0.2) is 0 Å². The molecule has 1 N–H and O–H groups in total. The van der Waals surface area contributed by atoms with Crippen molar-refractivity contribution in [3.05, 3.63) is 36.5 Å². The maximum atomic E-state index is 13.1. The first-order valence-electron chi connectivity index (χ1n) is 7.83. The van der Waals surface area contributed by atoms with Crippen molar-refractivity contribution in [3.63, 3.8) is 0 Å². The molecule has 3 rings (SSSR count). The zero-order valence-corrected chi connectivity index (χ0v) is 14.8. The quantitative estimate of drug-likeness (QED) is 0.898. The molecule has 0 saturated carbocycles. The van der Waals surface area contributed by atoms with E-state index in [0.29, 0.717) is 6.54 Å². The first-order valence-corrected chi connectivity index (χ1v) is 9.27. The van der Waals surface area contributed by atoms with Crippen LogP contribution >= 0.6 is 0 Å². The van der Waals surface area contributed by atoms with Crippen molar-refractivity contribution < 1.29 is 13.2 Å². The molecule has 1 aliphatic heterocycles. The highest BCUT2D eigenvalue weighted by Gasteiger charge is 2.42. The van der Waals surface area contributed by atoms with Crippen LogP contribution in [0.4, 0.5) is 0 Å². The molecule has 1 unspecified atom stereocenters. The van der Waals surface area contributed by atoms with E-state index in [2.05, 4.69) is 10.3 Å². The molecule has 2 aromatic rings. The van der Waals surface area contributed by atoms with Gasteiger partial charge in [0.2, 0.25) is 15.9 Å². The molecule has 0 radical (unpaired) electrons. The van der Waals surface area contributed by atoms with Crippen LogP contribution in [-0.2, 0) is 14.8 Å². The Morgan fingerprint density at radius 3 is 2.67 bits per heavy atom. The Balaban J connectivity index is 2.07. The fourth-order valence-corrected chi connectivity index (χ4v) is 4.68. The molecule has 0 aliphatic carbocycles. The van der Waals surface area contributed by atoms with Crippen molar-refractivity contribution in [2.45, 2.75) is 31.7 Å². The highest BCUT2D eigenvalue weighted by Crippen LogP contribution is 2.30. The number of fused-ring (bicyclic) bond motifs is 1. The average molecular weight is 347 g/mol. The van der Waals surface area contributed by atoms with E-state index in [4.69, 9.17) is 0 Å². The summed E-state index contributed by atoms with van der Waals surface area (Å²) < 4.78 is 27.6. The van der Waals surface area contributed by atoms with Crippen LogP contribution in [0.3, 0.4) is 0 Å². The summed E-state index contributed by atoms with van der Waals surface area (Å²) in [6.45, 7) is 6.04. The molecule has 2 heterocycles. The van der Waals surface area contributed by atoms with Gasteiger partial charge in [-0.2, -0.15) is 4.31 Å². The molecule has 7 heteroatoms. The summed E-state index contributed by atoms with van der Waals surface area (Å²) in [5.41, 5.74) is 0.436. The molecule has 1 aliphatic rings. The molecular weight excluding hydrogens is 326 g/mol. The van der Waals surface area contributed by atoms with Crippen molar-refractivity contribution >= 4 is 26.8 Å². The lowest BCUT2D eigenvalue weighted by molar-refractivity contribution is -0.124. The summed E-state index contributed by atoms with van der Waals surface area (Å²) in [7, 11) is -3.81. The summed E-state index contributed by atoms with van der Waals surface area (Å²) in [4.78, 5) is 16.2. The van der Waals surface area contributed by atoms with Crippen LogP contribution in [0.1, 0.15) is 20.8 Å². The van der Waals surface area contributed by atoms with E-state index < -0.39 is 10.0 Å². The summed E-state index contributed by atoms with van der Waals surface area (Å²) >= 11 is 0. The van der Waals surface area contributed by atoms with Gasteiger partial charge in [0.25, 0.3) is 0 Å². The SMILES string of the molecule is CC(C)(C)C1CNC(=O)CN1S(=O)(=O)c1cnc2ccccc2c1. The number of piperazine rings is 1. The molecule has 1 saturated heterocycles. The number of hydrogen-bond donors (Lipinski definition) is 1. The van der Waals surface area contributed by atoms with E-state index in [0.717, 1.165) is 10.9 Å². The normalized spacial score (nSPS) is 20.1. The molecule has 6 nitrogen and oxygen atoms in total. The third kappa shape index (κ3) is 3.01. The van der Waals surface area contributed by atoms with E-state index in [1.165, 1.54) is 10.5 Å². The second kappa shape index (κ2) is 5.82. The van der Waals surface area contributed by atoms with E-state index >= 15 is 0 Å². The zero-order chi connectivity index (χ0) is 17.5. The van der Waals surface area contributed by atoms with E-state index in [1.54, 1.807) is 6.07 Å². The monoisotopic (exact) mass is 347 g/mol. The van der Waals surface area contributed by atoms with Crippen LogP contribution in [0.15, 0.2) is 41.4 Å². The van der Waals surface area contributed by atoms with Crippen molar-refractivity contribution in [2.75, 3.05) is 13.1 Å². The lowest BCUT2D eigenvalue weighted by Crippen LogP contribution is -2.60. The summed E-state index contributed by atoms with van der Waals surface area (Å²) in [6, 6.07) is 8.65. The highest BCUT2D eigenvalue weighted by atomic mass is 32.2. The highest BCUT2D eigenvalue weighted by molar-refractivity contribution is 7.89. The predicted octanol–water partition coefficient (Wildman–Crippen LogP) is 1.77. The Morgan fingerprint density at radius 2 is 1.96 bits per heavy atom. The summed E-state index contributed by atoms with van der Waals surface area (Å²) in [6.07, 6.45) is 1.36. The van der Waals surface area contributed by atoms with E-state index in [9.17, 15) is 13.2 Å². The van der Waals surface area contributed by atoms with Crippen LogP contribution in [0, 0.1) is 5.41 Å². The maximum Gasteiger partial charge on any atom is 0.245 e. The number of amides is 1. The average Bonchev–Trinajstić information content (AvgIpc) is 2.53. The van der Waals surface area contributed by atoms with Gasteiger partial charge in [0, 0.05) is 24.2 Å². The fraction of sp³-hybridized carbons (Fsp3) is 0.412. The van der Waals surface area contributed by atoms with Crippen molar-refractivity contribution in [1.29, 1.82) is 0 Å². The van der Waals surface area contributed by atoms with Crippen LogP contribution in [-0.4, -0.2) is 42.7 Å². The maximum absolute atomic E-state index is 13.1. The van der Waals surface area contributed by atoms with Crippen molar-refractivity contribution in [3.8, 4) is 0 Å². The van der Waals surface area contributed by atoms with Gasteiger partial charge in [-0.1, -0.05) is 39.0 Å². The number of para-hydroxylation sites is 1. The first kappa shape index (κ1) is 16.9. The minimum Gasteiger partial charge on any atom is -0.353 e. The third-order valence-electron chi connectivity index (χ3n) is 4.31. The third-order valence-corrected chi connectivity index (χ3v) is 6.13. The predicted molar refractivity (Wildman–Crippen MR) is 91.9 cm³/mol. The number of carbonyl (C=O) groups excluding carboxylic acids is 1. The van der Waals surface area contributed by atoms with Gasteiger partial charge < -0.3 is 5.32 Å². The van der Waals surface area contributed by atoms with Crippen molar-refractivity contribution in [1.82, 2.24) is 14.6 Å². The molecule has 0 spiro atoms. The largest absolute Gasteiger partial charge is 0.353 e. The van der Waals surface area contributed by atoms with Crippen LogP contribution in [0.5, 0.6) is 0 Å². The summed E-state index contributed by atoms with van der Waals surface area (Å²) in [5, 5.41) is 3.52. The number of pyridine rings is 1. The molecule has 1 atom stereocenters. The van der Waals surface area contributed by atoms with Gasteiger partial charge in [0.1, 0.15) is 4.90 Å². The Labute approximate surface area is 141 Å². The second-order valence-electron chi connectivity index (χ2n) is 7.10. The number of hydrogen-bond acceptors (Lipinski definition) is 4. The second-order valence-corrected chi connectivity index (χ2v) is 8.99. The van der Waals surface area contributed by atoms with Crippen LogP contribution in [0.25, 0.3) is 10.9 Å². The van der Waals surface area contributed by atoms with Gasteiger partial charge in [-0.3, -0.25) is 9.78 Å². The molecule has 0 bridgehead atoms.